The number of hydrogen-bond donors (Lipinski definition) is 0. The Labute approximate surface area is 156 Å². The molecule has 0 aliphatic rings. The first-order valence-electron chi connectivity index (χ1n) is 8.72. The van der Waals surface area contributed by atoms with E-state index in [0.717, 1.165) is 16.8 Å². The summed E-state index contributed by atoms with van der Waals surface area (Å²) in [5.41, 5.74) is 4.92. The van der Waals surface area contributed by atoms with E-state index in [1.807, 2.05) is 32.0 Å². The van der Waals surface area contributed by atoms with E-state index in [0.29, 0.717) is 22.5 Å². The summed E-state index contributed by atoms with van der Waals surface area (Å²) in [5.74, 6) is -0.704. The van der Waals surface area contributed by atoms with Gasteiger partial charge in [-0.1, -0.05) is 30.3 Å². The third-order valence-corrected chi connectivity index (χ3v) is 4.74. The van der Waals surface area contributed by atoms with Crippen LogP contribution in [-0.4, -0.2) is 9.78 Å². The van der Waals surface area contributed by atoms with Crippen molar-refractivity contribution in [3.8, 4) is 28.2 Å². The lowest BCUT2D eigenvalue weighted by Crippen LogP contribution is -2.01. The first kappa shape index (κ1) is 17.2. The van der Waals surface area contributed by atoms with Gasteiger partial charge in [0.05, 0.1) is 17.1 Å². The fourth-order valence-corrected chi connectivity index (χ4v) is 3.10. The van der Waals surface area contributed by atoms with Gasteiger partial charge in [-0.05, 0) is 67.4 Å². The van der Waals surface area contributed by atoms with Crippen molar-refractivity contribution in [1.29, 1.82) is 0 Å². The van der Waals surface area contributed by atoms with Gasteiger partial charge in [0.25, 0.3) is 0 Å². The van der Waals surface area contributed by atoms with Gasteiger partial charge >= 0.3 is 0 Å². The van der Waals surface area contributed by atoms with Crippen molar-refractivity contribution in [1.82, 2.24) is 9.78 Å². The molecule has 27 heavy (non-hydrogen) atoms. The Morgan fingerprint density at radius 2 is 1.33 bits per heavy atom. The number of aryl methyl sites for hydroxylation is 2. The van der Waals surface area contributed by atoms with Crippen LogP contribution in [0.2, 0.25) is 0 Å². The molecule has 0 N–H and O–H groups in total. The molecule has 3 aromatic carbocycles. The second-order valence-corrected chi connectivity index (χ2v) is 6.55. The molecular formula is C23H18F2N2. The van der Waals surface area contributed by atoms with E-state index in [1.165, 1.54) is 12.1 Å². The molecule has 1 aromatic heterocycles. The average Bonchev–Trinajstić information content (AvgIpc) is 3.09. The van der Waals surface area contributed by atoms with Crippen molar-refractivity contribution in [2.45, 2.75) is 13.8 Å². The summed E-state index contributed by atoms with van der Waals surface area (Å²) in [6.45, 7) is 4.05. The second kappa shape index (κ2) is 6.80. The molecule has 0 aliphatic carbocycles. The van der Waals surface area contributed by atoms with Gasteiger partial charge in [-0.15, -0.1) is 0 Å². The van der Waals surface area contributed by atoms with Crippen molar-refractivity contribution >= 4 is 0 Å². The number of benzene rings is 3. The van der Waals surface area contributed by atoms with Gasteiger partial charge in [0.15, 0.2) is 0 Å². The largest absolute Gasteiger partial charge is 0.232 e. The molecule has 0 unspecified atom stereocenters. The van der Waals surface area contributed by atoms with Crippen LogP contribution in [0.3, 0.4) is 0 Å². The smallest absolute Gasteiger partial charge is 0.132 e. The number of hydrogen-bond acceptors (Lipinski definition) is 1. The van der Waals surface area contributed by atoms with E-state index in [-0.39, 0.29) is 11.6 Å². The van der Waals surface area contributed by atoms with Crippen molar-refractivity contribution in [2.75, 3.05) is 0 Å². The molecule has 0 saturated heterocycles. The highest BCUT2D eigenvalue weighted by Gasteiger charge is 2.17. The van der Waals surface area contributed by atoms with Crippen molar-refractivity contribution in [3.05, 3.63) is 95.6 Å². The van der Waals surface area contributed by atoms with Crippen LogP contribution < -0.4 is 0 Å². The lowest BCUT2D eigenvalue weighted by molar-refractivity contribution is 0.629. The highest BCUT2D eigenvalue weighted by atomic mass is 19.1. The number of halogens is 2. The Kier molecular flexibility index (Phi) is 4.32. The zero-order valence-electron chi connectivity index (χ0n) is 15.1. The minimum Gasteiger partial charge on any atom is -0.232 e. The zero-order valence-corrected chi connectivity index (χ0v) is 15.1. The van der Waals surface area contributed by atoms with Crippen molar-refractivity contribution in [3.63, 3.8) is 0 Å². The van der Waals surface area contributed by atoms with E-state index in [2.05, 4.69) is 5.10 Å². The second-order valence-electron chi connectivity index (χ2n) is 6.55. The third kappa shape index (κ3) is 3.14. The first-order chi connectivity index (χ1) is 13.0. The number of aromatic nitrogens is 2. The maximum absolute atomic E-state index is 14.5. The van der Waals surface area contributed by atoms with Gasteiger partial charge in [-0.25, -0.2) is 13.5 Å². The molecular weight excluding hydrogens is 342 g/mol. The predicted octanol–water partition coefficient (Wildman–Crippen LogP) is 6.10. The molecule has 0 aliphatic heterocycles. The van der Waals surface area contributed by atoms with Gasteiger partial charge in [0, 0.05) is 11.1 Å². The van der Waals surface area contributed by atoms with Gasteiger partial charge in [0.2, 0.25) is 0 Å². The molecule has 4 heteroatoms. The Hall–Kier alpha value is -3.27. The predicted molar refractivity (Wildman–Crippen MR) is 104 cm³/mol. The molecule has 0 amide bonds. The highest BCUT2D eigenvalue weighted by Crippen LogP contribution is 2.31. The quantitative estimate of drug-likeness (QED) is 0.431. The summed E-state index contributed by atoms with van der Waals surface area (Å²) in [5, 5.41) is 4.61. The fraction of sp³-hybridized carbons (Fsp3) is 0.0870. The number of rotatable bonds is 3. The van der Waals surface area contributed by atoms with Crippen LogP contribution in [0.25, 0.3) is 28.2 Å². The molecule has 2 nitrogen and oxygen atoms in total. The summed E-state index contributed by atoms with van der Waals surface area (Å²) >= 11 is 0. The lowest BCUT2D eigenvalue weighted by atomic mass is 10.1. The molecule has 0 fully saturated rings. The molecule has 0 saturated carbocycles. The molecule has 0 bridgehead atoms. The summed E-state index contributed by atoms with van der Waals surface area (Å²) in [7, 11) is 0. The Bertz CT molecular complexity index is 1130. The van der Waals surface area contributed by atoms with Crippen LogP contribution in [0.15, 0.2) is 72.8 Å². The summed E-state index contributed by atoms with van der Waals surface area (Å²) in [6, 6.07) is 20.7. The van der Waals surface area contributed by atoms with Crippen molar-refractivity contribution in [2.24, 2.45) is 0 Å². The normalized spacial score (nSPS) is 11.0. The fourth-order valence-electron chi connectivity index (χ4n) is 3.10. The van der Waals surface area contributed by atoms with Crippen LogP contribution in [-0.2, 0) is 0 Å². The minimum absolute atomic E-state index is 0.345. The topological polar surface area (TPSA) is 17.8 Å². The molecule has 1 heterocycles. The molecule has 0 radical (unpaired) electrons. The van der Waals surface area contributed by atoms with Crippen LogP contribution >= 0.6 is 0 Å². The van der Waals surface area contributed by atoms with Crippen LogP contribution in [0, 0.1) is 25.5 Å². The average molecular weight is 360 g/mol. The molecule has 0 atom stereocenters. The molecule has 0 spiro atoms. The Balaban J connectivity index is 1.97. The molecule has 4 aromatic rings. The van der Waals surface area contributed by atoms with E-state index >= 15 is 0 Å². The van der Waals surface area contributed by atoms with Crippen LogP contribution in [0.5, 0.6) is 0 Å². The van der Waals surface area contributed by atoms with Crippen LogP contribution in [0.4, 0.5) is 8.78 Å². The van der Waals surface area contributed by atoms with Crippen molar-refractivity contribution < 1.29 is 8.78 Å². The minimum atomic E-state index is -0.359. The maximum atomic E-state index is 14.5. The van der Waals surface area contributed by atoms with E-state index < -0.39 is 0 Å². The van der Waals surface area contributed by atoms with Gasteiger partial charge in [-0.2, -0.15) is 5.10 Å². The summed E-state index contributed by atoms with van der Waals surface area (Å²) in [6.07, 6.45) is 0. The molecule has 4 rings (SSSR count). The van der Waals surface area contributed by atoms with E-state index in [1.54, 1.807) is 47.1 Å². The van der Waals surface area contributed by atoms with Crippen LogP contribution in [0.1, 0.15) is 11.1 Å². The maximum Gasteiger partial charge on any atom is 0.132 e. The standard InChI is InChI=1S/C23H18F2N2/c1-15-11-12-17(13-16(15)2)27-23(19-8-4-6-10-21(19)25)14-22(26-27)18-7-3-5-9-20(18)24/h3-14H,1-2H3. The number of nitrogens with zero attached hydrogens (tertiary/aromatic N) is 2. The van der Waals surface area contributed by atoms with Gasteiger partial charge < -0.3 is 0 Å². The molecule has 134 valence electrons. The third-order valence-electron chi connectivity index (χ3n) is 4.74. The SMILES string of the molecule is Cc1ccc(-n2nc(-c3ccccc3F)cc2-c2ccccc2F)cc1C. The Morgan fingerprint density at radius 1 is 0.704 bits per heavy atom. The van der Waals surface area contributed by atoms with E-state index in [9.17, 15) is 8.78 Å². The summed E-state index contributed by atoms with van der Waals surface area (Å²) < 4.78 is 30.5. The van der Waals surface area contributed by atoms with Gasteiger partial charge in [-0.3, -0.25) is 0 Å². The van der Waals surface area contributed by atoms with Gasteiger partial charge in [0.1, 0.15) is 11.6 Å². The first-order valence-corrected chi connectivity index (χ1v) is 8.72. The highest BCUT2D eigenvalue weighted by molar-refractivity contribution is 5.71. The van der Waals surface area contributed by atoms with E-state index in [4.69, 9.17) is 0 Å². The summed E-state index contributed by atoms with van der Waals surface area (Å²) in [4.78, 5) is 0. The zero-order chi connectivity index (χ0) is 19.0. The lowest BCUT2D eigenvalue weighted by Gasteiger charge is -2.10. The monoisotopic (exact) mass is 360 g/mol. The Morgan fingerprint density at radius 3 is 1.96 bits per heavy atom.